The molecule has 1 aliphatic heterocycles. The van der Waals surface area contributed by atoms with Crippen LogP contribution in [0, 0.1) is 5.92 Å². The van der Waals surface area contributed by atoms with Crippen molar-refractivity contribution in [2.75, 3.05) is 33.9 Å². The van der Waals surface area contributed by atoms with Crippen molar-refractivity contribution in [3.05, 3.63) is 22.7 Å². The molecule has 1 aromatic rings. The van der Waals surface area contributed by atoms with Crippen LogP contribution in [0.25, 0.3) is 0 Å². The summed E-state index contributed by atoms with van der Waals surface area (Å²) in [7, 11) is 3.07. The Hall–Kier alpha value is -1.46. The van der Waals surface area contributed by atoms with Gasteiger partial charge in [-0.05, 0) is 43.7 Å². The molecule has 0 radical (unpaired) electrons. The van der Waals surface area contributed by atoms with E-state index in [0.29, 0.717) is 22.1 Å². The number of likely N-dealkylation sites (tertiary alicyclic amines) is 1. The molecule has 5 nitrogen and oxygen atoms in total. The van der Waals surface area contributed by atoms with Crippen molar-refractivity contribution in [3.8, 4) is 11.5 Å². The second-order valence-corrected chi connectivity index (χ2v) is 8.15. The maximum atomic E-state index is 12.7. The average molecular weight is 395 g/mol. The third kappa shape index (κ3) is 5.29. The lowest BCUT2D eigenvalue weighted by atomic mass is 9.88. The highest BCUT2D eigenvalue weighted by molar-refractivity contribution is 6.32. The van der Waals surface area contributed by atoms with Gasteiger partial charge in [-0.25, -0.2) is 0 Å². The van der Waals surface area contributed by atoms with E-state index in [1.165, 1.54) is 52.9 Å². The minimum atomic E-state index is -0.108. The molecule has 2 aliphatic rings. The normalized spacial score (nSPS) is 19.7. The van der Waals surface area contributed by atoms with Gasteiger partial charge in [0.15, 0.2) is 11.5 Å². The Kier molecular flexibility index (Phi) is 7.25. The number of carbonyl (C=O) groups is 1. The number of benzene rings is 1. The summed E-state index contributed by atoms with van der Waals surface area (Å²) in [6, 6.07) is 3.53. The Labute approximate surface area is 167 Å². The fourth-order valence-electron chi connectivity index (χ4n) is 4.31. The fraction of sp³-hybridized carbons (Fsp3) is 0.667. The summed E-state index contributed by atoms with van der Waals surface area (Å²) >= 11 is 6.22. The Morgan fingerprint density at radius 3 is 2.44 bits per heavy atom. The monoisotopic (exact) mass is 394 g/mol. The lowest BCUT2D eigenvalue weighted by molar-refractivity contribution is 0.0901. The van der Waals surface area contributed by atoms with Crippen LogP contribution in [0.3, 0.4) is 0 Å². The number of ether oxygens (including phenoxy) is 2. The zero-order valence-corrected chi connectivity index (χ0v) is 17.2. The van der Waals surface area contributed by atoms with Crippen LogP contribution in [0.2, 0.25) is 5.02 Å². The number of methoxy groups -OCH3 is 2. The van der Waals surface area contributed by atoms with Gasteiger partial charge in [-0.15, -0.1) is 0 Å². The molecule has 2 fully saturated rings. The Morgan fingerprint density at radius 2 is 1.81 bits per heavy atom. The molecule has 1 saturated heterocycles. The number of piperidine rings is 1. The minimum absolute atomic E-state index is 0.108. The molecule has 0 unspecified atom stereocenters. The van der Waals surface area contributed by atoms with Crippen molar-refractivity contribution in [2.45, 2.75) is 51.0 Å². The quantitative estimate of drug-likeness (QED) is 0.788. The summed E-state index contributed by atoms with van der Waals surface area (Å²) in [5, 5.41) is 3.53. The van der Waals surface area contributed by atoms with Crippen molar-refractivity contribution in [1.29, 1.82) is 0 Å². The number of nitrogens with one attached hydrogen (secondary N) is 1. The molecule has 150 valence electrons. The number of carbonyl (C=O) groups excluding carboxylic acids is 1. The molecule has 0 aromatic heterocycles. The van der Waals surface area contributed by atoms with Crippen LogP contribution in [-0.4, -0.2) is 50.7 Å². The number of rotatable bonds is 6. The molecule has 1 aromatic carbocycles. The molecule has 27 heavy (non-hydrogen) atoms. The van der Waals surface area contributed by atoms with Gasteiger partial charge in [0, 0.05) is 31.2 Å². The molecule has 3 rings (SSSR count). The summed E-state index contributed by atoms with van der Waals surface area (Å²) in [5.41, 5.74) is 0.502. The maximum Gasteiger partial charge on any atom is 0.251 e. The first-order valence-electron chi connectivity index (χ1n) is 10.1. The van der Waals surface area contributed by atoms with Gasteiger partial charge in [0.2, 0.25) is 0 Å². The number of nitrogens with zero attached hydrogens (tertiary/aromatic N) is 1. The first-order chi connectivity index (χ1) is 13.1. The SMILES string of the molecule is COc1cc(C(=O)NC2CCN(CC3CCCCC3)CC2)cc(Cl)c1OC. The van der Waals surface area contributed by atoms with E-state index in [2.05, 4.69) is 10.2 Å². The summed E-state index contributed by atoms with van der Waals surface area (Å²) in [5.74, 6) is 1.69. The van der Waals surface area contributed by atoms with Crippen LogP contribution in [0.15, 0.2) is 12.1 Å². The number of halogens is 1. The first kappa shape index (κ1) is 20.3. The van der Waals surface area contributed by atoms with Crippen molar-refractivity contribution in [3.63, 3.8) is 0 Å². The third-order valence-corrected chi connectivity index (χ3v) is 6.14. The predicted molar refractivity (Wildman–Crippen MR) is 108 cm³/mol. The van der Waals surface area contributed by atoms with Crippen LogP contribution >= 0.6 is 11.6 Å². The molecule has 1 amide bonds. The summed E-state index contributed by atoms with van der Waals surface area (Å²) < 4.78 is 10.5. The molecule has 1 N–H and O–H groups in total. The zero-order chi connectivity index (χ0) is 19.2. The van der Waals surface area contributed by atoms with E-state index >= 15 is 0 Å². The van der Waals surface area contributed by atoms with E-state index in [1.54, 1.807) is 12.1 Å². The second-order valence-electron chi connectivity index (χ2n) is 7.75. The molecule has 0 bridgehead atoms. The standard InChI is InChI=1S/C21H31ClN2O3/c1-26-19-13-16(12-18(22)20(19)27-2)21(25)23-17-8-10-24(11-9-17)14-15-6-4-3-5-7-15/h12-13,15,17H,3-11,14H2,1-2H3,(H,23,25). The number of hydrogen-bond acceptors (Lipinski definition) is 4. The zero-order valence-electron chi connectivity index (χ0n) is 16.4. The van der Waals surface area contributed by atoms with Gasteiger partial charge in [-0.1, -0.05) is 30.9 Å². The van der Waals surface area contributed by atoms with Crippen LogP contribution in [0.5, 0.6) is 11.5 Å². The molecule has 1 aliphatic carbocycles. The molecule has 6 heteroatoms. The van der Waals surface area contributed by atoms with Crippen LogP contribution in [0.1, 0.15) is 55.3 Å². The van der Waals surface area contributed by atoms with E-state index in [0.717, 1.165) is 31.8 Å². The Bertz CT molecular complexity index is 639. The van der Waals surface area contributed by atoms with Gasteiger partial charge in [0.25, 0.3) is 5.91 Å². The van der Waals surface area contributed by atoms with Gasteiger partial charge < -0.3 is 19.7 Å². The molecule has 0 atom stereocenters. The molecular formula is C21H31ClN2O3. The highest BCUT2D eigenvalue weighted by Gasteiger charge is 2.24. The van der Waals surface area contributed by atoms with Crippen LogP contribution in [0.4, 0.5) is 0 Å². The van der Waals surface area contributed by atoms with Crippen LogP contribution in [-0.2, 0) is 0 Å². The lowest BCUT2D eigenvalue weighted by Gasteiger charge is -2.35. The molecular weight excluding hydrogens is 364 g/mol. The van der Waals surface area contributed by atoms with Crippen molar-refractivity contribution in [2.24, 2.45) is 5.92 Å². The van der Waals surface area contributed by atoms with E-state index in [1.807, 2.05) is 0 Å². The Balaban J connectivity index is 1.51. The summed E-state index contributed by atoms with van der Waals surface area (Å²) in [6.45, 7) is 3.36. The van der Waals surface area contributed by atoms with Gasteiger partial charge in [-0.2, -0.15) is 0 Å². The lowest BCUT2D eigenvalue weighted by Crippen LogP contribution is -2.45. The highest BCUT2D eigenvalue weighted by Crippen LogP contribution is 2.36. The topological polar surface area (TPSA) is 50.8 Å². The van der Waals surface area contributed by atoms with E-state index in [4.69, 9.17) is 21.1 Å². The molecule has 1 saturated carbocycles. The predicted octanol–water partition coefficient (Wildman–Crippen LogP) is 4.13. The van der Waals surface area contributed by atoms with Crippen molar-refractivity contribution in [1.82, 2.24) is 10.2 Å². The van der Waals surface area contributed by atoms with Crippen molar-refractivity contribution >= 4 is 17.5 Å². The largest absolute Gasteiger partial charge is 0.493 e. The highest BCUT2D eigenvalue weighted by atomic mass is 35.5. The summed E-state index contributed by atoms with van der Waals surface area (Å²) in [6.07, 6.45) is 8.97. The molecule has 0 spiro atoms. The minimum Gasteiger partial charge on any atom is -0.493 e. The van der Waals surface area contributed by atoms with E-state index in [9.17, 15) is 4.79 Å². The van der Waals surface area contributed by atoms with Gasteiger partial charge in [0.1, 0.15) is 0 Å². The maximum absolute atomic E-state index is 12.7. The van der Waals surface area contributed by atoms with E-state index in [-0.39, 0.29) is 11.9 Å². The van der Waals surface area contributed by atoms with Crippen LogP contribution < -0.4 is 14.8 Å². The average Bonchev–Trinajstić information content (AvgIpc) is 2.69. The molecule has 1 heterocycles. The third-order valence-electron chi connectivity index (χ3n) is 5.86. The fourth-order valence-corrected chi connectivity index (χ4v) is 4.60. The number of hydrogen-bond donors (Lipinski definition) is 1. The van der Waals surface area contributed by atoms with Gasteiger partial charge in [0.05, 0.1) is 19.2 Å². The van der Waals surface area contributed by atoms with Gasteiger partial charge >= 0.3 is 0 Å². The Morgan fingerprint density at radius 1 is 1.11 bits per heavy atom. The number of amides is 1. The smallest absolute Gasteiger partial charge is 0.251 e. The van der Waals surface area contributed by atoms with Crippen molar-refractivity contribution < 1.29 is 14.3 Å². The second kappa shape index (κ2) is 9.65. The summed E-state index contributed by atoms with van der Waals surface area (Å²) in [4.78, 5) is 15.2. The van der Waals surface area contributed by atoms with Gasteiger partial charge in [-0.3, -0.25) is 4.79 Å². The van der Waals surface area contributed by atoms with E-state index < -0.39 is 0 Å². The first-order valence-corrected chi connectivity index (χ1v) is 10.4.